The van der Waals surface area contributed by atoms with Crippen molar-refractivity contribution in [3.63, 3.8) is 0 Å². The molecule has 0 saturated heterocycles. The van der Waals surface area contributed by atoms with Gasteiger partial charge in [0.1, 0.15) is 12.4 Å². The highest BCUT2D eigenvalue weighted by atomic mass is 32.2. The van der Waals surface area contributed by atoms with Gasteiger partial charge in [-0.3, -0.25) is 0 Å². The van der Waals surface area contributed by atoms with Gasteiger partial charge in [-0.1, -0.05) is 12.1 Å². The van der Waals surface area contributed by atoms with Crippen molar-refractivity contribution in [2.45, 2.75) is 11.4 Å². The van der Waals surface area contributed by atoms with Crippen molar-refractivity contribution in [1.29, 1.82) is 0 Å². The molecule has 0 aromatic heterocycles. The van der Waals surface area contributed by atoms with Crippen molar-refractivity contribution in [3.05, 3.63) is 59.7 Å². The summed E-state index contributed by atoms with van der Waals surface area (Å²) in [6.45, 7) is 0.897. The predicted octanol–water partition coefficient (Wildman–Crippen LogP) is 2.47. The van der Waals surface area contributed by atoms with Crippen LogP contribution in [0.2, 0.25) is 0 Å². The average Bonchev–Trinajstić information content (AvgIpc) is 2.57. The van der Waals surface area contributed by atoms with Gasteiger partial charge in [-0.25, -0.2) is 21.9 Å². The molecule has 2 aromatic rings. The lowest BCUT2D eigenvalue weighted by Crippen LogP contribution is -2.23. The summed E-state index contributed by atoms with van der Waals surface area (Å²) in [5, 5.41) is 0. The molecule has 0 aliphatic carbocycles. The zero-order valence-electron chi connectivity index (χ0n) is 13.0. The number of hydrogen-bond donors (Lipinski definition) is 1. The Bertz CT molecular complexity index is 779. The molecule has 8 heteroatoms. The SMILES string of the molecule is COCCOc1ccc(CNS(=O)(=O)c2ccc(F)c(F)c2)cc1. The van der Waals surface area contributed by atoms with Crippen molar-refractivity contribution in [1.82, 2.24) is 4.72 Å². The Labute approximate surface area is 139 Å². The third-order valence-electron chi connectivity index (χ3n) is 3.15. The van der Waals surface area contributed by atoms with Gasteiger partial charge in [0.2, 0.25) is 10.0 Å². The van der Waals surface area contributed by atoms with Crippen LogP contribution < -0.4 is 9.46 Å². The van der Waals surface area contributed by atoms with Gasteiger partial charge in [-0.15, -0.1) is 0 Å². The van der Waals surface area contributed by atoms with Crippen LogP contribution in [0, 0.1) is 11.6 Å². The van der Waals surface area contributed by atoms with Crippen LogP contribution >= 0.6 is 0 Å². The zero-order chi connectivity index (χ0) is 17.6. The molecule has 5 nitrogen and oxygen atoms in total. The topological polar surface area (TPSA) is 64.6 Å². The van der Waals surface area contributed by atoms with E-state index in [2.05, 4.69) is 4.72 Å². The van der Waals surface area contributed by atoms with Gasteiger partial charge in [0, 0.05) is 13.7 Å². The van der Waals surface area contributed by atoms with E-state index in [1.807, 2.05) is 0 Å². The molecule has 24 heavy (non-hydrogen) atoms. The standard InChI is InChI=1S/C16H17F2NO4S/c1-22-8-9-23-13-4-2-12(3-5-13)11-19-24(20,21)14-6-7-15(17)16(18)10-14/h2-7,10,19H,8-9,11H2,1H3. The number of methoxy groups -OCH3 is 1. The number of nitrogens with one attached hydrogen (secondary N) is 1. The van der Waals surface area contributed by atoms with E-state index in [0.717, 1.165) is 12.1 Å². The fourth-order valence-corrected chi connectivity index (χ4v) is 2.88. The molecule has 0 amide bonds. The van der Waals surface area contributed by atoms with Gasteiger partial charge in [0.25, 0.3) is 0 Å². The number of rotatable bonds is 8. The molecule has 0 heterocycles. The van der Waals surface area contributed by atoms with Crippen LogP contribution in [0.4, 0.5) is 8.78 Å². The van der Waals surface area contributed by atoms with E-state index < -0.39 is 21.7 Å². The lowest BCUT2D eigenvalue weighted by Gasteiger charge is -2.09. The van der Waals surface area contributed by atoms with E-state index in [-0.39, 0.29) is 11.4 Å². The minimum atomic E-state index is -3.93. The Morgan fingerprint density at radius 1 is 1.00 bits per heavy atom. The van der Waals surface area contributed by atoms with Crippen molar-refractivity contribution >= 4 is 10.0 Å². The van der Waals surface area contributed by atoms with Gasteiger partial charge in [-0.05, 0) is 35.9 Å². The summed E-state index contributed by atoms with van der Waals surface area (Å²) in [5.74, 6) is -1.67. The normalized spacial score (nSPS) is 11.5. The Morgan fingerprint density at radius 2 is 1.71 bits per heavy atom. The second-order valence-corrected chi connectivity index (χ2v) is 6.65. The maximum absolute atomic E-state index is 13.2. The Morgan fingerprint density at radius 3 is 2.33 bits per heavy atom. The lowest BCUT2D eigenvalue weighted by atomic mass is 10.2. The van der Waals surface area contributed by atoms with Crippen LogP contribution in [0.1, 0.15) is 5.56 Å². The summed E-state index contributed by atoms with van der Waals surface area (Å²) in [6, 6.07) is 9.24. The molecular formula is C16H17F2NO4S. The third kappa shape index (κ3) is 4.98. The van der Waals surface area contributed by atoms with Gasteiger partial charge in [0.15, 0.2) is 11.6 Å². The van der Waals surface area contributed by atoms with E-state index in [4.69, 9.17) is 9.47 Å². The molecule has 0 unspecified atom stereocenters. The first-order chi connectivity index (χ1) is 11.4. The maximum Gasteiger partial charge on any atom is 0.240 e. The third-order valence-corrected chi connectivity index (χ3v) is 4.55. The van der Waals surface area contributed by atoms with Gasteiger partial charge < -0.3 is 9.47 Å². The van der Waals surface area contributed by atoms with E-state index in [9.17, 15) is 17.2 Å². The summed E-state index contributed by atoms with van der Waals surface area (Å²) in [6.07, 6.45) is 0. The summed E-state index contributed by atoms with van der Waals surface area (Å²) < 4.78 is 62.8. The van der Waals surface area contributed by atoms with E-state index in [1.54, 1.807) is 31.4 Å². The molecule has 1 N–H and O–H groups in total. The van der Waals surface area contributed by atoms with Crippen LogP contribution in [-0.2, 0) is 21.3 Å². The first kappa shape index (κ1) is 18.3. The van der Waals surface area contributed by atoms with Crippen LogP contribution in [0.3, 0.4) is 0 Å². The van der Waals surface area contributed by atoms with E-state index in [0.29, 0.717) is 30.6 Å². The molecule has 0 spiro atoms. The fourth-order valence-electron chi connectivity index (χ4n) is 1.85. The zero-order valence-corrected chi connectivity index (χ0v) is 13.8. The molecule has 0 atom stereocenters. The first-order valence-electron chi connectivity index (χ1n) is 7.08. The molecule has 0 saturated carbocycles. The maximum atomic E-state index is 13.2. The molecule has 0 radical (unpaired) electrons. The Kier molecular flexibility index (Phi) is 6.24. The number of sulfonamides is 1. The Balaban J connectivity index is 1.97. The summed E-state index contributed by atoms with van der Waals surface area (Å²) in [4.78, 5) is -0.332. The monoisotopic (exact) mass is 357 g/mol. The molecule has 0 aliphatic rings. The molecule has 0 aliphatic heterocycles. The highest BCUT2D eigenvalue weighted by molar-refractivity contribution is 7.89. The summed E-state index contributed by atoms with van der Waals surface area (Å²) in [5.41, 5.74) is 0.695. The second kappa shape index (κ2) is 8.18. The van der Waals surface area contributed by atoms with Crippen LogP contribution in [0.25, 0.3) is 0 Å². The highest BCUT2D eigenvalue weighted by Gasteiger charge is 2.16. The van der Waals surface area contributed by atoms with Crippen molar-refractivity contribution in [2.75, 3.05) is 20.3 Å². The van der Waals surface area contributed by atoms with Crippen molar-refractivity contribution < 1.29 is 26.7 Å². The molecule has 2 rings (SSSR count). The number of ether oxygens (including phenoxy) is 2. The molecule has 0 fully saturated rings. The number of halogens is 2. The predicted molar refractivity (Wildman–Crippen MR) is 84.2 cm³/mol. The van der Waals surface area contributed by atoms with E-state index in [1.165, 1.54) is 0 Å². The van der Waals surface area contributed by atoms with Gasteiger partial charge in [-0.2, -0.15) is 0 Å². The summed E-state index contributed by atoms with van der Waals surface area (Å²) >= 11 is 0. The second-order valence-electron chi connectivity index (χ2n) is 4.89. The Hall–Kier alpha value is -2.03. The molecule has 0 bridgehead atoms. The largest absolute Gasteiger partial charge is 0.491 e. The van der Waals surface area contributed by atoms with Crippen molar-refractivity contribution in [2.24, 2.45) is 0 Å². The number of hydrogen-bond acceptors (Lipinski definition) is 4. The lowest BCUT2D eigenvalue weighted by molar-refractivity contribution is 0.146. The minimum absolute atomic E-state index is 0.0136. The highest BCUT2D eigenvalue weighted by Crippen LogP contribution is 2.15. The molecular weight excluding hydrogens is 340 g/mol. The minimum Gasteiger partial charge on any atom is -0.491 e. The fraction of sp³-hybridized carbons (Fsp3) is 0.250. The number of benzene rings is 2. The van der Waals surface area contributed by atoms with Crippen LogP contribution in [0.5, 0.6) is 5.75 Å². The van der Waals surface area contributed by atoms with Crippen LogP contribution in [-0.4, -0.2) is 28.7 Å². The summed E-state index contributed by atoms with van der Waals surface area (Å²) in [7, 11) is -2.35. The smallest absolute Gasteiger partial charge is 0.240 e. The van der Waals surface area contributed by atoms with E-state index >= 15 is 0 Å². The van der Waals surface area contributed by atoms with Crippen molar-refractivity contribution in [3.8, 4) is 5.75 Å². The first-order valence-corrected chi connectivity index (χ1v) is 8.56. The van der Waals surface area contributed by atoms with Crippen LogP contribution in [0.15, 0.2) is 47.4 Å². The molecule has 2 aromatic carbocycles. The quantitative estimate of drug-likeness (QED) is 0.737. The molecule has 130 valence electrons. The van der Waals surface area contributed by atoms with Gasteiger partial charge >= 0.3 is 0 Å². The van der Waals surface area contributed by atoms with Gasteiger partial charge in [0.05, 0.1) is 11.5 Å². The average molecular weight is 357 g/mol.